The van der Waals surface area contributed by atoms with Crippen LogP contribution in [-0.2, 0) is 12.8 Å². The Morgan fingerprint density at radius 2 is 0.841 bits per heavy atom. The summed E-state index contributed by atoms with van der Waals surface area (Å²) < 4.78 is 0. The van der Waals surface area contributed by atoms with Crippen LogP contribution in [0.2, 0.25) is 0 Å². The lowest BCUT2D eigenvalue weighted by atomic mass is 9.84. The lowest BCUT2D eigenvalue weighted by molar-refractivity contribution is 0.963. The maximum atomic E-state index is 2.55. The van der Waals surface area contributed by atoms with Gasteiger partial charge in [0.25, 0.3) is 0 Å². The molecule has 0 radical (unpaired) electrons. The molecule has 1 aliphatic rings. The molecule has 0 atom stereocenters. The Morgan fingerprint density at radius 3 is 1.46 bits per heavy atom. The predicted molar refractivity (Wildman–Crippen MR) is 294 cm³/mol. The molecule has 0 N–H and O–H groups in total. The predicted octanol–water partition coefficient (Wildman–Crippen LogP) is 18.6. The van der Waals surface area contributed by atoms with Gasteiger partial charge in [-0.1, -0.05) is 205 Å². The molecule has 12 rings (SSSR count). The Morgan fingerprint density at radius 1 is 0.333 bits per heavy atom. The zero-order valence-electron chi connectivity index (χ0n) is 39.3. The Kier molecular flexibility index (Phi) is 10.7. The van der Waals surface area contributed by atoms with Gasteiger partial charge in [-0.25, -0.2) is 0 Å². The minimum atomic E-state index is 0.928. The third kappa shape index (κ3) is 7.55. The van der Waals surface area contributed by atoms with Gasteiger partial charge in [0.15, 0.2) is 0 Å². The smallest absolute Gasteiger partial charge is 0.0575 e. The highest BCUT2D eigenvalue weighted by atomic mass is 15.2. The summed E-state index contributed by atoms with van der Waals surface area (Å²) >= 11 is 0. The summed E-state index contributed by atoms with van der Waals surface area (Å²) in [4.78, 5) is 5.09. The molecule has 0 spiro atoms. The Balaban J connectivity index is 1.13. The molecular weight excluding hydrogens is 833 g/mol. The van der Waals surface area contributed by atoms with Crippen molar-refractivity contribution in [3.63, 3.8) is 0 Å². The van der Waals surface area contributed by atoms with E-state index in [0.29, 0.717) is 0 Å². The minimum absolute atomic E-state index is 0.928. The molecule has 0 aromatic heterocycles. The normalized spacial score (nSPS) is 11.9. The summed E-state index contributed by atoms with van der Waals surface area (Å²) in [6.07, 6.45) is 1.87. The number of hydrogen-bond donors (Lipinski definition) is 0. The van der Waals surface area contributed by atoms with E-state index in [1.54, 1.807) is 0 Å². The van der Waals surface area contributed by atoms with Crippen LogP contribution in [0.3, 0.4) is 0 Å². The van der Waals surface area contributed by atoms with Crippen molar-refractivity contribution in [2.75, 3.05) is 9.80 Å². The van der Waals surface area contributed by atoms with E-state index >= 15 is 0 Å². The van der Waals surface area contributed by atoms with Crippen LogP contribution in [-0.4, -0.2) is 0 Å². The average molecular weight is 885 g/mol. The van der Waals surface area contributed by atoms with Crippen molar-refractivity contribution in [1.82, 2.24) is 0 Å². The topological polar surface area (TPSA) is 6.48 Å². The fourth-order valence-electron chi connectivity index (χ4n) is 10.8. The first-order valence-corrected chi connectivity index (χ1v) is 24.2. The van der Waals surface area contributed by atoms with Gasteiger partial charge in [-0.2, -0.15) is 0 Å². The van der Waals surface area contributed by atoms with Gasteiger partial charge in [0, 0.05) is 27.9 Å². The second-order valence-corrected chi connectivity index (χ2v) is 18.6. The van der Waals surface area contributed by atoms with Gasteiger partial charge in [0.05, 0.1) is 22.7 Å². The van der Waals surface area contributed by atoms with Crippen molar-refractivity contribution in [3.05, 3.63) is 264 Å². The SMILES string of the molecule is Cc1ccc(N(c2cc(-c3ccccc3)ccc2-c2ccccc2)c2ccc3ccc4c(N(c5ccc(C)cc5)c5c(-c6ccccc6)ccc(-c6ccccc6)c5C)ccc5c4c3c2CC5)cc1. The van der Waals surface area contributed by atoms with E-state index < -0.39 is 0 Å². The van der Waals surface area contributed by atoms with Crippen LogP contribution < -0.4 is 9.80 Å². The first kappa shape index (κ1) is 41.9. The van der Waals surface area contributed by atoms with Crippen LogP contribution >= 0.6 is 0 Å². The number of anilines is 6. The molecule has 0 heterocycles. The van der Waals surface area contributed by atoms with Gasteiger partial charge in [0.1, 0.15) is 0 Å². The highest BCUT2D eigenvalue weighted by Gasteiger charge is 2.29. The van der Waals surface area contributed by atoms with E-state index in [-0.39, 0.29) is 0 Å². The van der Waals surface area contributed by atoms with E-state index in [9.17, 15) is 0 Å². The minimum Gasteiger partial charge on any atom is -0.310 e. The number of nitrogens with zero attached hydrogens (tertiary/aromatic N) is 2. The molecule has 2 nitrogen and oxygen atoms in total. The molecule has 330 valence electrons. The van der Waals surface area contributed by atoms with E-state index in [1.165, 1.54) is 111 Å². The standard InChI is InChI=1S/C67H52N2/c1-45-24-33-55(34-25-45)68(64-44-54(48-16-8-4-9-17-48)30-37-58(64)50-20-12-6-13-21-50)62-42-31-52-29-39-61-63(43-32-53-28-38-60(62)65(52)66(53)61)69(56-35-26-46(2)27-36-56)67-47(3)57(49-18-10-5-11-19-49)40-41-59(67)51-22-14-7-15-23-51/h4-27,29-37,39-44H,28,38H2,1-3H3. The fraction of sp³-hybridized carbons (Fsp3) is 0.0746. The van der Waals surface area contributed by atoms with E-state index in [0.717, 1.165) is 29.9 Å². The largest absolute Gasteiger partial charge is 0.310 e. The third-order valence-electron chi connectivity index (χ3n) is 14.3. The summed E-state index contributed by atoms with van der Waals surface area (Å²) in [5, 5.41) is 5.19. The molecule has 0 amide bonds. The van der Waals surface area contributed by atoms with Gasteiger partial charge >= 0.3 is 0 Å². The van der Waals surface area contributed by atoms with Gasteiger partial charge in [-0.05, 0) is 142 Å². The quantitative estimate of drug-likeness (QED) is 0.126. The van der Waals surface area contributed by atoms with Gasteiger partial charge in [0.2, 0.25) is 0 Å². The molecule has 1 aliphatic carbocycles. The van der Waals surface area contributed by atoms with Crippen LogP contribution in [0, 0.1) is 20.8 Å². The third-order valence-corrected chi connectivity index (χ3v) is 14.3. The number of aryl methyl sites for hydroxylation is 4. The Hall–Kier alpha value is -8.46. The van der Waals surface area contributed by atoms with Crippen molar-refractivity contribution in [3.8, 4) is 44.5 Å². The highest BCUT2D eigenvalue weighted by Crippen LogP contribution is 2.52. The van der Waals surface area contributed by atoms with E-state index in [2.05, 4.69) is 267 Å². The summed E-state index contributed by atoms with van der Waals surface area (Å²) in [6.45, 7) is 6.65. The fourth-order valence-corrected chi connectivity index (χ4v) is 10.8. The van der Waals surface area contributed by atoms with Crippen LogP contribution in [0.4, 0.5) is 34.1 Å². The maximum Gasteiger partial charge on any atom is 0.0575 e. The molecule has 0 aliphatic heterocycles. The monoisotopic (exact) mass is 884 g/mol. The molecule has 0 bridgehead atoms. The molecule has 0 saturated carbocycles. The molecule has 0 fully saturated rings. The summed E-state index contributed by atoms with van der Waals surface area (Å²) in [7, 11) is 0. The van der Waals surface area contributed by atoms with E-state index in [1.807, 2.05) is 0 Å². The summed E-state index contributed by atoms with van der Waals surface area (Å²) in [5.74, 6) is 0. The van der Waals surface area contributed by atoms with Gasteiger partial charge < -0.3 is 9.80 Å². The Labute approximate surface area is 406 Å². The van der Waals surface area contributed by atoms with Crippen molar-refractivity contribution >= 4 is 55.7 Å². The summed E-state index contributed by atoms with van der Waals surface area (Å²) in [6, 6.07) is 87.5. The molecule has 11 aromatic rings. The zero-order chi connectivity index (χ0) is 46.4. The Bertz CT molecular complexity index is 3660. The van der Waals surface area contributed by atoms with Crippen LogP contribution in [0.15, 0.2) is 237 Å². The second-order valence-electron chi connectivity index (χ2n) is 18.6. The molecule has 0 saturated heterocycles. The van der Waals surface area contributed by atoms with Crippen molar-refractivity contribution in [2.45, 2.75) is 33.6 Å². The van der Waals surface area contributed by atoms with Crippen LogP contribution in [0.1, 0.15) is 27.8 Å². The van der Waals surface area contributed by atoms with Crippen LogP contribution in [0.25, 0.3) is 66.1 Å². The van der Waals surface area contributed by atoms with Crippen molar-refractivity contribution in [2.24, 2.45) is 0 Å². The van der Waals surface area contributed by atoms with Crippen LogP contribution in [0.5, 0.6) is 0 Å². The zero-order valence-corrected chi connectivity index (χ0v) is 39.3. The lowest BCUT2D eigenvalue weighted by Crippen LogP contribution is -2.16. The summed E-state index contributed by atoms with van der Waals surface area (Å²) in [5.41, 5.74) is 23.0. The molecular formula is C67H52N2. The highest BCUT2D eigenvalue weighted by molar-refractivity contribution is 6.18. The molecule has 11 aromatic carbocycles. The molecule has 2 heteroatoms. The lowest BCUT2D eigenvalue weighted by Gasteiger charge is -2.34. The molecule has 0 unspecified atom stereocenters. The first-order valence-electron chi connectivity index (χ1n) is 24.2. The van der Waals surface area contributed by atoms with E-state index in [4.69, 9.17) is 0 Å². The first-order chi connectivity index (χ1) is 34.0. The maximum absolute atomic E-state index is 2.55. The second kappa shape index (κ2) is 17.6. The number of benzene rings is 11. The molecule has 69 heavy (non-hydrogen) atoms. The number of rotatable bonds is 10. The van der Waals surface area contributed by atoms with Gasteiger partial charge in [-0.15, -0.1) is 0 Å². The van der Waals surface area contributed by atoms with Crippen molar-refractivity contribution < 1.29 is 0 Å². The van der Waals surface area contributed by atoms with Crippen molar-refractivity contribution in [1.29, 1.82) is 0 Å². The average Bonchev–Trinajstić information content (AvgIpc) is 3.41. The number of hydrogen-bond acceptors (Lipinski definition) is 2. The van der Waals surface area contributed by atoms with Gasteiger partial charge in [-0.3, -0.25) is 0 Å².